The van der Waals surface area contributed by atoms with Gasteiger partial charge in [0.1, 0.15) is 5.82 Å². The molecule has 0 aliphatic rings. The largest absolute Gasteiger partial charge is 0.275 e. The minimum Gasteiger partial charge on any atom is -0.267 e. The maximum Gasteiger partial charge on any atom is 0.275 e. The lowest BCUT2D eigenvalue weighted by Crippen LogP contribution is -2.26. The van der Waals surface area contributed by atoms with Gasteiger partial charge in [-0.05, 0) is 41.5 Å². The molecule has 0 amide bonds. The van der Waals surface area contributed by atoms with Crippen LogP contribution in [0.5, 0.6) is 0 Å². The summed E-state index contributed by atoms with van der Waals surface area (Å²) in [5.41, 5.74) is 2.61. The molecule has 0 bridgehead atoms. The lowest BCUT2D eigenvalue weighted by molar-refractivity contribution is 0.602. The molecule has 0 N–H and O–H groups in total. The Balaban J connectivity index is 1.88. The fourth-order valence-electron chi connectivity index (χ4n) is 3.39. The number of sulfone groups is 1. The van der Waals surface area contributed by atoms with Gasteiger partial charge in [-0.1, -0.05) is 54.1 Å². The molecular formula is C24H18ClFN2O3S. The highest BCUT2D eigenvalue weighted by Crippen LogP contribution is 2.25. The summed E-state index contributed by atoms with van der Waals surface area (Å²) < 4.78 is 38.4. The van der Waals surface area contributed by atoms with E-state index in [1.54, 1.807) is 18.3 Å². The molecule has 4 rings (SSSR count). The Labute approximate surface area is 189 Å². The summed E-state index contributed by atoms with van der Waals surface area (Å²) in [5, 5.41) is 4.16. The molecule has 162 valence electrons. The normalized spacial score (nSPS) is 11.5. The molecule has 0 saturated carbocycles. The Kier molecular flexibility index (Phi) is 5.95. The van der Waals surface area contributed by atoms with Gasteiger partial charge in [0, 0.05) is 23.8 Å². The fourth-order valence-corrected chi connectivity index (χ4v) is 4.20. The van der Waals surface area contributed by atoms with E-state index in [1.807, 2.05) is 30.3 Å². The molecule has 4 aromatic rings. The molecule has 0 atom stereocenters. The van der Waals surface area contributed by atoms with E-state index in [1.165, 1.54) is 35.0 Å². The van der Waals surface area contributed by atoms with Gasteiger partial charge in [-0.3, -0.25) is 4.79 Å². The molecule has 0 unspecified atom stereocenters. The first kappa shape index (κ1) is 21.9. The second kappa shape index (κ2) is 8.68. The molecule has 32 heavy (non-hydrogen) atoms. The molecule has 3 aromatic carbocycles. The molecule has 0 fully saturated rings. The highest BCUT2D eigenvalue weighted by atomic mass is 35.5. The second-order valence-corrected chi connectivity index (χ2v) is 9.73. The quantitative estimate of drug-likeness (QED) is 0.426. The highest BCUT2D eigenvalue weighted by molar-refractivity contribution is 7.90. The second-order valence-electron chi connectivity index (χ2n) is 7.31. The summed E-state index contributed by atoms with van der Waals surface area (Å²) in [6.07, 6.45) is 3.02. The predicted octanol–water partition coefficient (Wildman–Crippen LogP) is 4.69. The standard InChI is InChI=1S/C24H18ClFN2O3S/c1-32(30,31)19-10-7-17(8-11-19)21-15-27-28(18-9-12-23(26)22(25)14-18)24(29)20(21)13-16-5-3-2-4-6-16/h2-12,14-15H,13H2,1H3. The number of hydrogen-bond donors (Lipinski definition) is 0. The zero-order valence-corrected chi connectivity index (χ0v) is 18.6. The van der Waals surface area contributed by atoms with Crippen LogP contribution in [-0.2, 0) is 16.3 Å². The third-order valence-corrected chi connectivity index (χ3v) is 6.46. The summed E-state index contributed by atoms with van der Waals surface area (Å²) in [4.78, 5) is 13.6. The van der Waals surface area contributed by atoms with Crippen LogP contribution in [-0.4, -0.2) is 24.5 Å². The molecule has 0 aliphatic carbocycles. The van der Waals surface area contributed by atoms with Crippen molar-refractivity contribution in [2.24, 2.45) is 0 Å². The van der Waals surface area contributed by atoms with Crippen molar-refractivity contribution in [1.82, 2.24) is 9.78 Å². The average molecular weight is 469 g/mol. The van der Waals surface area contributed by atoms with Crippen LogP contribution in [0, 0.1) is 5.82 Å². The summed E-state index contributed by atoms with van der Waals surface area (Å²) in [7, 11) is -3.34. The first-order valence-electron chi connectivity index (χ1n) is 9.65. The van der Waals surface area contributed by atoms with Crippen molar-refractivity contribution in [3.05, 3.63) is 111 Å². The van der Waals surface area contributed by atoms with Gasteiger partial charge in [0.25, 0.3) is 5.56 Å². The van der Waals surface area contributed by atoms with E-state index in [0.29, 0.717) is 28.8 Å². The number of halogens is 2. The van der Waals surface area contributed by atoms with E-state index in [9.17, 15) is 17.6 Å². The van der Waals surface area contributed by atoms with Crippen LogP contribution in [0.1, 0.15) is 11.1 Å². The van der Waals surface area contributed by atoms with Crippen molar-refractivity contribution in [2.75, 3.05) is 6.26 Å². The van der Waals surface area contributed by atoms with Crippen LogP contribution in [0.25, 0.3) is 16.8 Å². The number of benzene rings is 3. The third kappa shape index (κ3) is 4.49. The van der Waals surface area contributed by atoms with Crippen molar-refractivity contribution >= 4 is 21.4 Å². The maximum absolute atomic E-state index is 13.6. The monoisotopic (exact) mass is 468 g/mol. The Morgan fingerprint density at radius 1 is 1.00 bits per heavy atom. The van der Waals surface area contributed by atoms with Gasteiger partial charge in [-0.25, -0.2) is 12.8 Å². The molecule has 0 saturated heterocycles. The van der Waals surface area contributed by atoms with E-state index >= 15 is 0 Å². The zero-order valence-electron chi connectivity index (χ0n) is 17.0. The van der Waals surface area contributed by atoms with Crippen LogP contribution in [0.2, 0.25) is 5.02 Å². The van der Waals surface area contributed by atoms with Gasteiger partial charge in [0.15, 0.2) is 9.84 Å². The van der Waals surface area contributed by atoms with Crippen LogP contribution >= 0.6 is 11.6 Å². The lowest BCUT2D eigenvalue weighted by atomic mass is 9.97. The van der Waals surface area contributed by atoms with Gasteiger partial charge in [0.2, 0.25) is 0 Å². The first-order chi connectivity index (χ1) is 15.2. The number of nitrogens with zero attached hydrogens (tertiary/aromatic N) is 2. The van der Waals surface area contributed by atoms with Crippen molar-refractivity contribution in [3.8, 4) is 16.8 Å². The molecule has 5 nitrogen and oxygen atoms in total. The Morgan fingerprint density at radius 2 is 1.69 bits per heavy atom. The minimum atomic E-state index is -3.34. The van der Waals surface area contributed by atoms with Gasteiger partial charge in [-0.15, -0.1) is 0 Å². The topological polar surface area (TPSA) is 69.0 Å². The molecule has 8 heteroatoms. The van der Waals surface area contributed by atoms with Crippen molar-refractivity contribution < 1.29 is 12.8 Å². The summed E-state index contributed by atoms with van der Waals surface area (Å²) in [6, 6.07) is 19.8. The van der Waals surface area contributed by atoms with Gasteiger partial charge in [0.05, 0.1) is 21.8 Å². The Bertz CT molecular complexity index is 1450. The van der Waals surface area contributed by atoms with E-state index in [0.717, 1.165) is 11.8 Å². The van der Waals surface area contributed by atoms with Gasteiger partial charge in [-0.2, -0.15) is 9.78 Å². The van der Waals surface area contributed by atoms with E-state index < -0.39 is 15.7 Å². The smallest absolute Gasteiger partial charge is 0.267 e. The Morgan fingerprint density at radius 3 is 2.31 bits per heavy atom. The maximum atomic E-state index is 13.6. The van der Waals surface area contributed by atoms with E-state index in [-0.39, 0.29) is 15.5 Å². The predicted molar refractivity (Wildman–Crippen MR) is 123 cm³/mol. The van der Waals surface area contributed by atoms with Gasteiger partial charge >= 0.3 is 0 Å². The minimum absolute atomic E-state index is 0.110. The average Bonchev–Trinajstić information content (AvgIpc) is 2.77. The van der Waals surface area contributed by atoms with Crippen LogP contribution in [0.4, 0.5) is 4.39 Å². The molecule has 0 radical (unpaired) electrons. The third-order valence-electron chi connectivity index (χ3n) is 5.04. The number of aromatic nitrogens is 2. The Hall–Kier alpha value is -3.29. The molecule has 0 spiro atoms. The summed E-state index contributed by atoms with van der Waals surface area (Å²) in [5.74, 6) is -0.587. The van der Waals surface area contributed by atoms with Crippen molar-refractivity contribution in [3.63, 3.8) is 0 Å². The van der Waals surface area contributed by atoms with Gasteiger partial charge < -0.3 is 0 Å². The highest BCUT2D eigenvalue weighted by Gasteiger charge is 2.16. The first-order valence-corrected chi connectivity index (χ1v) is 11.9. The molecular weight excluding hydrogens is 451 g/mol. The lowest BCUT2D eigenvalue weighted by Gasteiger charge is -2.13. The molecule has 1 heterocycles. The number of rotatable bonds is 5. The van der Waals surface area contributed by atoms with Crippen LogP contribution in [0.3, 0.4) is 0 Å². The summed E-state index contributed by atoms with van der Waals surface area (Å²) >= 11 is 5.90. The van der Waals surface area contributed by atoms with E-state index in [2.05, 4.69) is 5.10 Å². The molecule has 0 aliphatic heterocycles. The van der Waals surface area contributed by atoms with E-state index in [4.69, 9.17) is 11.6 Å². The fraction of sp³-hybridized carbons (Fsp3) is 0.0833. The van der Waals surface area contributed by atoms with Crippen molar-refractivity contribution in [1.29, 1.82) is 0 Å². The molecule has 1 aromatic heterocycles. The van der Waals surface area contributed by atoms with Crippen molar-refractivity contribution in [2.45, 2.75) is 11.3 Å². The SMILES string of the molecule is CS(=O)(=O)c1ccc(-c2cnn(-c3ccc(F)c(Cl)c3)c(=O)c2Cc2ccccc2)cc1. The summed E-state index contributed by atoms with van der Waals surface area (Å²) in [6.45, 7) is 0. The zero-order chi connectivity index (χ0) is 22.9. The number of hydrogen-bond acceptors (Lipinski definition) is 4. The van der Waals surface area contributed by atoms with Crippen LogP contribution in [0.15, 0.2) is 88.7 Å². The van der Waals surface area contributed by atoms with Crippen LogP contribution < -0.4 is 5.56 Å².